The van der Waals surface area contributed by atoms with Crippen LogP contribution >= 0.6 is 11.3 Å². The van der Waals surface area contributed by atoms with Gasteiger partial charge in [-0.3, -0.25) is 4.79 Å². The molecule has 2 rings (SSSR count). The Morgan fingerprint density at radius 1 is 1.35 bits per heavy atom. The maximum atomic E-state index is 11.6. The van der Waals surface area contributed by atoms with Gasteiger partial charge in [0.25, 0.3) is 0 Å². The number of nitrogens with one attached hydrogen (secondary N) is 2. The molecule has 0 radical (unpaired) electrons. The Kier molecular flexibility index (Phi) is 4.54. The summed E-state index contributed by atoms with van der Waals surface area (Å²) in [5, 5.41) is 7.18. The Hall–Kier alpha value is -1.69. The lowest BCUT2D eigenvalue weighted by atomic mass is 10.2. The summed E-state index contributed by atoms with van der Waals surface area (Å²) in [6, 6.07) is 0.176. The molecule has 0 spiro atoms. The molecule has 1 amide bonds. The Balaban J connectivity index is 2.05. The number of carbonyl (C=O) groups is 1. The molecule has 0 unspecified atom stereocenters. The first-order chi connectivity index (χ1) is 9.49. The van der Waals surface area contributed by atoms with Crippen molar-refractivity contribution in [2.24, 2.45) is 0 Å². The lowest BCUT2D eigenvalue weighted by Crippen LogP contribution is -2.31. The number of aryl methyl sites for hydroxylation is 2. The molecule has 0 atom stereocenters. The monoisotopic (exact) mass is 292 g/mol. The van der Waals surface area contributed by atoms with E-state index in [1.807, 2.05) is 13.8 Å². The number of aromatic nitrogens is 2. The third-order valence-corrected chi connectivity index (χ3v) is 4.17. The van der Waals surface area contributed by atoms with E-state index < -0.39 is 0 Å². The standard InChI is InChI=1S/C14H20N4OS/c1-8(2)18-11(19)5-6-15-13-12-9(3)10(4)20-14(12)17-7-16-13/h7-8H,5-6H2,1-4H3,(H,18,19)(H,15,16,17). The van der Waals surface area contributed by atoms with Crippen molar-refractivity contribution in [2.75, 3.05) is 11.9 Å². The maximum Gasteiger partial charge on any atom is 0.221 e. The Morgan fingerprint density at radius 2 is 2.10 bits per heavy atom. The van der Waals surface area contributed by atoms with E-state index in [1.165, 1.54) is 10.4 Å². The van der Waals surface area contributed by atoms with Crippen LogP contribution in [0.1, 0.15) is 30.7 Å². The van der Waals surface area contributed by atoms with E-state index in [0.29, 0.717) is 13.0 Å². The molecule has 2 N–H and O–H groups in total. The molecular formula is C14H20N4OS. The molecule has 0 aliphatic rings. The number of hydrogen-bond donors (Lipinski definition) is 2. The molecule has 2 aromatic rings. The van der Waals surface area contributed by atoms with Gasteiger partial charge >= 0.3 is 0 Å². The summed E-state index contributed by atoms with van der Waals surface area (Å²) in [6.45, 7) is 8.64. The minimum Gasteiger partial charge on any atom is -0.369 e. The fraction of sp³-hybridized carbons (Fsp3) is 0.500. The van der Waals surface area contributed by atoms with Gasteiger partial charge < -0.3 is 10.6 Å². The highest BCUT2D eigenvalue weighted by molar-refractivity contribution is 7.18. The van der Waals surface area contributed by atoms with Crippen molar-refractivity contribution >= 4 is 33.3 Å². The van der Waals surface area contributed by atoms with Gasteiger partial charge in [-0.25, -0.2) is 9.97 Å². The lowest BCUT2D eigenvalue weighted by molar-refractivity contribution is -0.121. The molecule has 5 nitrogen and oxygen atoms in total. The average molecular weight is 292 g/mol. The average Bonchev–Trinajstić information content (AvgIpc) is 2.65. The van der Waals surface area contributed by atoms with Gasteiger partial charge in [-0.2, -0.15) is 0 Å². The van der Waals surface area contributed by atoms with Crippen LogP contribution in [0.4, 0.5) is 5.82 Å². The van der Waals surface area contributed by atoms with Gasteiger partial charge in [0.15, 0.2) is 0 Å². The zero-order chi connectivity index (χ0) is 14.7. The van der Waals surface area contributed by atoms with Crippen LogP contribution in [0, 0.1) is 13.8 Å². The van der Waals surface area contributed by atoms with Crippen LogP contribution in [0.3, 0.4) is 0 Å². The number of amides is 1. The van der Waals surface area contributed by atoms with Crippen molar-refractivity contribution in [3.05, 3.63) is 16.8 Å². The molecule has 108 valence electrons. The topological polar surface area (TPSA) is 66.9 Å². The van der Waals surface area contributed by atoms with E-state index in [1.54, 1.807) is 17.7 Å². The molecule has 0 aliphatic carbocycles. The van der Waals surface area contributed by atoms with E-state index in [0.717, 1.165) is 16.0 Å². The van der Waals surface area contributed by atoms with Crippen LogP contribution in [0.2, 0.25) is 0 Å². The minimum atomic E-state index is 0.0519. The summed E-state index contributed by atoms with van der Waals surface area (Å²) in [6.07, 6.45) is 2.00. The molecule has 20 heavy (non-hydrogen) atoms. The van der Waals surface area contributed by atoms with Crippen molar-refractivity contribution in [1.29, 1.82) is 0 Å². The van der Waals surface area contributed by atoms with Crippen LogP contribution in [0.5, 0.6) is 0 Å². The third kappa shape index (κ3) is 3.25. The van der Waals surface area contributed by atoms with Crippen molar-refractivity contribution in [3.63, 3.8) is 0 Å². The summed E-state index contributed by atoms with van der Waals surface area (Å²) < 4.78 is 0. The van der Waals surface area contributed by atoms with Gasteiger partial charge in [0, 0.05) is 23.9 Å². The van der Waals surface area contributed by atoms with E-state index in [2.05, 4.69) is 34.4 Å². The number of rotatable bonds is 5. The molecule has 0 aliphatic heterocycles. The fourth-order valence-electron chi connectivity index (χ4n) is 2.01. The van der Waals surface area contributed by atoms with Crippen molar-refractivity contribution in [1.82, 2.24) is 15.3 Å². The summed E-state index contributed by atoms with van der Waals surface area (Å²) in [7, 11) is 0. The number of thiophene rings is 1. The second-order valence-corrected chi connectivity index (χ2v) is 6.29. The molecule has 2 heterocycles. The van der Waals surface area contributed by atoms with Crippen LogP contribution in [0.25, 0.3) is 10.2 Å². The predicted octanol–water partition coefficient (Wildman–Crippen LogP) is 2.63. The Bertz CT molecular complexity index is 621. The first kappa shape index (κ1) is 14.7. The molecule has 0 aromatic carbocycles. The molecule has 6 heteroatoms. The zero-order valence-electron chi connectivity index (χ0n) is 12.3. The predicted molar refractivity (Wildman–Crippen MR) is 83.3 cm³/mol. The molecule has 0 bridgehead atoms. The van der Waals surface area contributed by atoms with Crippen LogP contribution in [-0.2, 0) is 4.79 Å². The highest BCUT2D eigenvalue weighted by Crippen LogP contribution is 2.32. The number of hydrogen-bond acceptors (Lipinski definition) is 5. The van der Waals surface area contributed by atoms with Crippen LogP contribution in [-0.4, -0.2) is 28.5 Å². The fourth-order valence-corrected chi connectivity index (χ4v) is 3.00. The smallest absolute Gasteiger partial charge is 0.221 e. The number of anilines is 1. The van der Waals surface area contributed by atoms with Crippen molar-refractivity contribution in [3.8, 4) is 0 Å². The van der Waals surface area contributed by atoms with Crippen molar-refractivity contribution in [2.45, 2.75) is 40.2 Å². The molecule has 0 fully saturated rings. The zero-order valence-corrected chi connectivity index (χ0v) is 13.1. The van der Waals surface area contributed by atoms with E-state index >= 15 is 0 Å². The minimum absolute atomic E-state index is 0.0519. The summed E-state index contributed by atoms with van der Waals surface area (Å²) in [5.74, 6) is 0.866. The second-order valence-electron chi connectivity index (χ2n) is 5.08. The summed E-state index contributed by atoms with van der Waals surface area (Å²) >= 11 is 1.67. The normalized spacial score (nSPS) is 11.1. The van der Waals surface area contributed by atoms with Gasteiger partial charge in [-0.1, -0.05) is 0 Å². The molecular weight excluding hydrogens is 272 g/mol. The lowest BCUT2D eigenvalue weighted by Gasteiger charge is -2.09. The van der Waals surface area contributed by atoms with E-state index in [-0.39, 0.29) is 11.9 Å². The Labute approximate surface area is 122 Å². The highest BCUT2D eigenvalue weighted by atomic mass is 32.1. The van der Waals surface area contributed by atoms with Gasteiger partial charge in [0.1, 0.15) is 17.0 Å². The van der Waals surface area contributed by atoms with E-state index in [4.69, 9.17) is 0 Å². The summed E-state index contributed by atoms with van der Waals surface area (Å²) in [4.78, 5) is 22.4. The largest absolute Gasteiger partial charge is 0.369 e. The molecule has 0 saturated carbocycles. The van der Waals surface area contributed by atoms with Crippen LogP contribution < -0.4 is 10.6 Å². The molecule has 0 saturated heterocycles. The van der Waals surface area contributed by atoms with Gasteiger partial charge in [-0.05, 0) is 33.3 Å². The van der Waals surface area contributed by atoms with Gasteiger partial charge in [0.05, 0.1) is 5.39 Å². The molecule has 2 aromatic heterocycles. The quantitative estimate of drug-likeness (QED) is 0.889. The number of nitrogens with zero attached hydrogens (tertiary/aromatic N) is 2. The Morgan fingerprint density at radius 3 is 2.80 bits per heavy atom. The van der Waals surface area contributed by atoms with Crippen LogP contribution in [0.15, 0.2) is 6.33 Å². The number of fused-ring (bicyclic) bond motifs is 1. The maximum absolute atomic E-state index is 11.6. The first-order valence-electron chi connectivity index (χ1n) is 6.73. The SMILES string of the molecule is Cc1sc2ncnc(NCCC(=O)NC(C)C)c2c1C. The van der Waals surface area contributed by atoms with Crippen molar-refractivity contribution < 1.29 is 4.79 Å². The highest BCUT2D eigenvalue weighted by Gasteiger charge is 2.12. The van der Waals surface area contributed by atoms with E-state index in [9.17, 15) is 4.79 Å². The second kappa shape index (κ2) is 6.17. The van der Waals surface area contributed by atoms with Gasteiger partial charge in [0.2, 0.25) is 5.91 Å². The third-order valence-electron chi connectivity index (χ3n) is 3.06. The number of carbonyl (C=O) groups excluding carboxylic acids is 1. The first-order valence-corrected chi connectivity index (χ1v) is 7.54. The summed E-state index contributed by atoms with van der Waals surface area (Å²) in [5.41, 5.74) is 1.21. The van der Waals surface area contributed by atoms with Gasteiger partial charge in [-0.15, -0.1) is 11.3 Å².